The van der Waals surface area contributed by atoms with Crippen molar-refractivity contribution in [2.24, 2.45) is 0 Å². The van der Waals surface area contributed by atoms with Crippen LogP contribution in [0.15, 0.2) is 58.3 Å². The molecule has 0 radical (unpaired) electrons. The van der Waals surface area contributed by atoms with E-state index in [2.05, 4.69) is 0 Å². The molecule has 2 aromatic carbocycles. The molecule has 0 amide bonds. The summed E-state index contributed by atoms with van der Waals surface area (Å²) in [5.41, 5.74) is 1.84. The van der Waals surface area contributed by atoms with E-state index in [-0.39, 0.29) is 61.7 Å². The Balaban J connectivity index is 1.44. The lowest BCUT2D eigenvalue weighted by Crippen LogP contribution is -2.51. The number of nitrogens with zero attached hydrogens (tertiary/aromatic N) is 2. The topological polar surface area (TPSA) is 149 Å². The van der Waals surface area contributed by atoms with Gasteiger partial charge in [0.05, 0.1) is 9.79 Å². The summed E-state index contributed by atoms with van der Waals surface area (Å²) in [7, 11) is -5.69. The Morgan fingerprint density at radius 1 is 0.625 bits per heavy atom. The molecule has 2 aliphatic rings. The second-order valence-electron chi connectivity index (χ2n) is 10.2. The molecule has 2 saturated heterocycles. The highest BCUT2D eigenvalue weighted by atomic mass is 33.1. The number of piperidine rings is 2. The third kappa shape index (κ3) is 6.07. The average molecular weight is 629 g/mol. The number of rotatable bonds is 9. The molecule has 0 spiro atoms. The molecule has 0 unspecified atom stereocenters. The first-order chi connectivity index (χ1) is 18.7. The van der Waals surface area contributed by atoms with Crippen LogP contribution in [0.1, 0.15) is 36.8 Å². The van der Waals surface area contributed by atoms with Crippen LogP contribution in [0.25, 0.3) is 0 Å². The molecule has 2 heterocycles. The quantitative estimate of drug-likeness (QED) is 0.395. The van der Waals surface area contributed by atoms with Crippen molar-refractivity contribution in [3.05, 3.63) is 59.7 Å². The summed E-state index contributed by atoms with van der Waals surface area (Å²) in [5, 5.41) is 20.3. The second-order valence-corrected chi connectivity index (χ2v) is 17.0. The minimum absolute atomic E-state index is 0.00865. The van der Waals surface area contributed by atoms with Crippen LogP contribution in [0, 0.1) is 13.8 Å². The summed E-state index contributed by atoms with van der Waals surface area (Å²) < 4.78 is 52.1. The number of aliphatic carboxylic acids is 2. The summed E-state index contributed by atoms with van der Waals surface area (Å²) in [4.78, 5) is 25.1. The van der Waals surface area contributed by atoms with Crippen LogP contribution < -0.4 is 0 Å². The van der Waals surface area contributed by atoms with Crippen molar-refractivity contribution in [3.63, 3.8) is 0 Å². The second kappa shape index (κ2) is 11.6. The first kappa shape index (κ1) is 30.8. The molecule has 218 valence electrons. The summed E-state index contributed by atoms with van der Waals surface area (Å²) in [6.45, 7) is 3.64. The van der Waals surface area contributed by atoms with E-state index in [1.807, 2.05) is 13.8 Å². The summed E-state index contributed by atoms with van der Waals surface area (Å²) >= 11 is 0. The lowest BCUT2D eigenvalue weighted by molar-refractivity contribution is -0.142. The van der Waals surface area contributed by atoms with Crippen LogP contribution in [0.5, 0.6) is 0 Å². The largest absolute Gasteiger partial charge is 0.480 e. The minimum atomic E-state index is -3.79. The molecule has 10 nitrogen and oxygen atoms in total. The van der Waals surface area contributed by atoms with E-state index in [4.69, 9.17) is 0 Å². The number of hydrogen-bond acceptors (Lipinski definition) is 8. The molecule has 0 bridgehead atoms. The monoisotopic (exact) mass is 628 g/mol. The normalized spacial score (nSPS) is 20.1. The molecule has 2 fully saturated rings. The molecule has 4 rings (SSSR count). The molecule has 40 heavy (non-hydrogen) atoms. The molecule has 0 atom stereocenters. The smallest absolute Gasteiger partial charge is 0.320 e. The Labute approximate surface area is 242 Å². The van der Waals surface area contributed by atoms with Crippen molar-refractivity contribution in [2.45, 2.75) is 58.8 Å². The molecule has 2 aliphatic heterocycles. The maximum atomic E-state index is 13.1. The fourth-order valence-electron chi connectivity index (χ4n) is 4.72. The highest BCUT2D eigenvalue weighted by Gasteiger charge is 2.50. The third-order valence-corrected chi connectivity index (χ3v) is 15.4. The van der Waals surface area contributed by atoms with Crippen molar-refractivity contribution in [3.8, 4) is 0 Å². The van der Waals surface area contributed by atoms with E-state index in [9.17, 15) is 36.6 Å². The standard InChI is InChI=1S/C26H32N2O8S4/c1-19-3-7-21(8-4-19)39(33,34)27-15-11-25(12-16-27,23(29)30)37-38-26(24(31)32)13-17-28(18-14-26)40(35,36)22-9-5-20(2)6-10-22/h3-10H,11-18H2,1-2H3,(H,29,30)(H,31,32). The van der Waals surface area contributed by atoms with E-state index in [0.29, 0.717) is 0 Å². The predicted molar refractivity (Wildman–Crippen MR) is 154 cm³/mol. The number of benzene rings is 2. The van der Waals surface area contributed by atoms with Crippen molar-refractivity contribution in [2.75, 3.05) is 26.2 Å². The molecule has 2 N–H and O–H groups in total. The van der Waals surface area contributed by atoms with Crippen molar-refractivity contribution in [1.82, 2.24) is 8.61 Å². The molecule has 0 saturated carbocycles. The lowest BCUT2D eigenvalue weighted by atomic mass is 9.97. The molecule has 14 heteroatoms. The highest BCUT2D eigenvalue weighted by molar-refractivity contribution is 8.78. The van der Waals surface area contributed by atoms with E-state index in [0.717, 1.165) is 32.7 Å². The number of carbonyl (C=O) groups is 2. The number of sulfonamides is 2. The summed E-state index contributed by atoms with van der Waals surface area (Å²) in [5.74, 6) is -2.25. The lowest BCUT2D eigenvalue weighted by Gasteiger charge is -2.41. The Kier molecular flexibility index (Phi) is 8.98. The van der Waals surface area contributed by atoms with Crippen LogP contribution in [-0.4, -0.2) is 83.3 Å². The zero-order valence-corrected chi connectivity index (χ0v) is 25.4. The van der Waals surface area contributed by atoms with Crippen LogP contribution >= 0.6 is 21.6 Å². The van der Waals surface area contributed by atoms with Crippen molar-refractivity contribution < 1.29 is 36.6 Å². The van der Waals surface area contributed by atoms with Gasteiger partial charge in [-0.15, -0.1) is 0 Å². The maximum absolute atomic E-state index is 13.1. The fourth-order valence-corrected chi connectivity index (χ4v) is 11.1. The van der Waals surface area contributed by atoms with Gasteiger partial charge in [0.25, 0.3) is 0 Å². The fraction of sp³-hybridized carbons (Fsp3) is 0.462. The predicted octanol–water partition coefficient (Wildman–Crippen LogP) is 3.60. The average Bonchev–Trinajstić information content (AvgIpc) is 2.92. The number of aryl methyl sites for hydroxylation is 2. The summed E-state index contributed by atoms with van der Waals surface area (Å²) in [6, 6.07) is 12.9. The summed E-state index contributed by atoms with van der Waals surface area (Å²) in [6.07, 6.45) is 0.0346. The van der Waals surface area contributed by atoms with Gasteiger partial charge in [-0.3, -0.25) is 9.59 Å². The minimum Gasteiger partial charge on any atom is -0.480 e. The van der Waals surface area contributed by atoms with Gasteiger partial charge >= 0.3 is 11.9 Å². The van der Waals surface area contributed by atoms with Gasteiger partial charge in [0.15, 0.2) is 0 Å². The van der Waals surface area contributed by atoms with E-state index < -0.39 is 41.5 Å². The number of carboxylic acid groups (broad SMARTS) is 2. The Morgan fingerprint density at radius 3 is 1.15 bits per heavy atom. The van der Waals surface area contributed by atoms with Gasteiger partial charge in [-0.05, 0) is 63.8 Å². The van der Waals surface area contributed by atoms with Crippen molar-refractivity contribution in [1.29, 1.82) is 0 Å². The van der Waals surface area contributed by atoms with Crippen LogP contribution in [-0.2, 0) is 29.6 Å². The zero-order valence-electron chi connectivity index (χ0n) is 22.1. The Hall–Kier alpha value is -2.10. The highest BCUT2D eigenvalue weighted by Crippen LogP contribution is 2.52. The van der Waals surface area contributed by atoms with Gasteiger partial charge in [0.2, 0.25) is 20.0 Å². The first-order valence-electron chi connectivity index (χ1n) is 12.7. The molecular weight excluding hydrogens is 597 g/mol. The maximum Gasteiger partial charge on any atom is 0.320 e. The molecule has 0 aliphatic carbocycles. The SMILES string of the molecule is Cc1ccc(S(=O)(=O)N2CCC(SSC3(C(=O)O)CCN(S(=O)(=O)c4ccc(C)cc4)CC3)(C(=O)O)CC2)cc1. The number of carboxylic acids is 2. The van der Waals surface area contributed by atoms with Gasteiger partial charge in [-0.1, -0.05) is 57.0 Å². The molecular formula is C26H32N2O8S4. The van der Waals surface area contributed by atoms with E-state index >= 15 is 0 Å². The van der Waals surface area contributed by atoms with Gasteiger partial charge < -0.3 is 10.2 Å². The van der Waals surface area contributed by atoms with Gasteiger partial charge in [0.1, 0.15) is 9.49 Å². The van der Waals surface area contributed by atoms with Gasteiger partial charge in [0, 0.05) is 26.2 Å². The van der Waals surface area contributed by atoms with Crippen molar-refractivity contribution >= 4 is 53.6 Å². The Bertz CT molecular complexity index is 1350. The molecule has 2 aromatic rings. The number of hydrogen-bond donors (Lipinski definition) is 2. The van der Waals surface area contributed by atoms with Gasteiger partial charge in [-0.2, -0.15) is 8.61 Å². The third-order valence-electron chi connectivity index (χ3n) is 7.52. The molecule has 0 aromatic heterocycles. The van der Waals surface area contributed by atoms with E-state index in [1.54, 1.807) is 24.3 Å². The first-order valence-corrected chi connectivity index (χ1v) is 17.7. The van der Waals surface area contributed by atoms with Crippen LogP contribution in [0.4, 0.5) is 0 Å². The van der Waals surface area contributed by atoms with Gasteiger partial charge in [-0.25, -0.2) is 16.8 Å². The zero-order chi connectivity index (χ0) is 29.3. The van der Waals surface area contributed by atoms with Crippen LogP contribution in [0.3, 0.4) is 0 Å². The van der Waals surface area contributed by atoms with E-state index in [1.165, 1.54) is 32.9 Å². The van der Waals surface area contributed by atoms with Crippen LogP contribution in [0.2, 0.25) is 0 Å². The Morgan fingerprint density at radius 2 is 0.900 bits per heavy atom.